The van der Waals surface area contributed by atoms with E-state index in [9.17, 15) is 4.79 Å². The second-order valence-electron chi connectivity index (χ2n) is 7.39. The number of rotatable bonds is 10. The summed E-state index contributed by atoms with van der Waals surface area (Å²) in [6.45, 7) is 10.4. The summed E-state index contributed by atoms with van der Waals surface area (Å²) in [7, 11) is 0. The van der Waals surface area contributed by atoms with Crippen LogP contribution < -0.4 is 10.6 Å². The van der Waals surface area contributed by atoms with Gasteiger partial charge in [-0.05, 0) is 73.5 Å². The van der Waals surface area contributed by atoms with E-state index in [1.165, 1.54) is 0 Å². The highest BCUT2D eigenvalue weighted by Crippen LogP contribution is 2.19. The van der Waals surface area contributed by atoms with Crippen LogP contribution in [0.4, 0.5) is 11.4 Å². The average molecular weight is 402 g/mol. The summed E-state index contributed by atoms with van der Waals surface area (Å²) in [5, 5.41) is 6.34. The number of benzene rings is 2. The van der Waals surface area contributed by atoms with Crippen molar-refractivity contribution in [1.82, 2.24) is 5.32 Å². The van der Waals surface area contributed by atoms with E-state index >= 15 is 0 Å². The van der Waals surface area contributed by atoms with Crippen LogP contribution in [-0.4, -0.2) is 19.2 Å². The maximum atomic E-state index is 12.3. The van der Waals surface area contributed by atoms with Crippen molar-refractivity contribution >= 4 is 30.1 Å². The number of carbonyl (C=O) groups is 1. The number of allylic oxidation sites excluding steroid dienone is 4. The van der Waals surface area contributed by atoms with Gasteiger partial charge in [0, 0.05) is 29.7 Å². The van der Waals surface area contributed by atoms with E-state index in [2.05, 4.69) is 42.3 Å². The first-order valence-corrected chi connectivity index (χ1v) is 10.2. The Hall–Kier alpha value is -3.40. The van der Waals surface area contributed by atoms with Crippen molar-refractivity contribution in [2.24, 2.45) is 10.9 Å². The zero-order valence-electron chi connectivity index (χ0n) is 18.1. The van der Waals surface area contributed by atoms with Crippen LogP contribution in [-0.2, 0) is 0 Å². The standard InChI is InChI=1S/C26H31N3O/c1-5-21(16-17-27-4)9-10-22-11-13-24(14-12-22)29-25-8-6-7-23(19-25)26(30)28-18-15-20(2)3/h5-14,16-17,19-20,29H,4,15,18H2,1-3H3,(H,28,30)/b10-9+,17-16-,21-5-. The van der Waals surface area contributed by atoms with Crippen LogP contribution in [0, 0.1) is 5.92 Å². The molecule has 0 heterocycles. The first kappa shape index (κ1) is 22.9. The molecule has 0 aliphatic carbocycles. The van der Waals surface area contributed by atoms with E-state index in [-0.39, 0.29) is 5.91 Å². The minimum absolute atomic E-state index is 0.0414. The van der Waals surface area contributed by atoms with Gasteiger partial charge in [0.1, 0.15) is 0 Å². The second kappa shape index (κ2) is 12.2. The fraction of sp³-hybridized carbons (Fsp3) is 0.231. The lowest BCUT2D eigenvalue weighted by atomic mass is 10.1. The minimum Gasteiger partial charge on any atom is -0.356 e. The second-order valence-corrected chi connectivity index (χ2v) is 7.39. The zero-order chi connectivity index (χ0) is 21.8. The molecule has 4 nitrogen and oxygen atoms in total. The topological polar surface area (TPSA) is 53.5 Å². The average Bonchev–Trinajstić information content (AvgIpc) is 2.75. The summed E-state index contributed by atoms with van der Waals surface area (Å²) in [6, 6.07) is 15.7. The largest absolute Gasteiger partial charge is 0.356 e. The van der Waals surface area contributed by atoms with Gasteiger partial charge in [0.15, 0.2) is 0 Å². The van der Waals surface area contributed by atoms with Gasteiger partial charge >= 0.3 is 0 Å². The van der Waals surface area contributed by atoms with Gasteiger partial charge in [-0.1, -0.05) is 50.3 Å². The number of aliphatic imine (C=N–C) groups is 1. The van der Waals surface area contributed by atoms with Crippen LogP contribution in [0.15, 0.2) is 83.5 Å². The maximum Gasteiger partial charge on any atom is 0.251 e. The molecule has 156 valence electrons. The summed E-state index contributed by atoms with van der Waals surface area (Å²) in [6.07, 6.45) is 10.7. The fourth-order valence-electron chi connectivity index (χ4n) is 2.74. The van der Waals surface area contributed by atoms with E-state index in [1.807, 2.05) is 73.7 Å². The number of carbonyl (C=O) groups excluding carboxylic acids is 1. The van der Waals surface area contributed by atoms with Gasteiger partial charge in [-0.15, -0.1) is 0 Å². The fourth-order valence-corrected chi connectivity index (χ4v) is 2.74. The molecule has 2 aromatic rings. The van der Waals surface area contributed by atoms with Crippen molar-refractivity contribution < 1.29 is 4.79 Å². The molecule has 0 spiro atoms. The molecule has 1 amide bonds. The summed E-state index contributed by atoms with van der Waals surface area (Å²) in [5.74, 6) is 0.529. The number of nitrogens with one attached hydrogen (secondary N) is 2. The molecule has 0 bridgehead atoms. The molecule has 0 atom stereocenters. The van der Waals surface area contributed by atoms with E-state index in [0.717, 1.165) is 28.9 Å². The van der Waals surface area contributed by atoms with Crippen LogP contribution in [0.25, 0.3) is 6.08 Å². The monoisotopic (exact) mass is 401 g/mol. The molecule has 0 fully saturated rings. The number of amides is 1. The van der Waals surface area contributed by atoms with Gasteiger partial charge in [-0.3, -0.25) is 9.79 Å². The number of nitrogens with zero attached hydrogens (tertiary/aromatic N) is 1. The van der Waals surface area contributed by atoms with Crippen molar-refractivity contribution in [1.29, 1.82) is 0 Å². The normalized spacial score (nSPS) is 11.9. The Morgan fingerprint density at radius 1 is 1.10 bits per heavy atom. The van der Waals surface area contributed by atoms with Crippen molar-refractivity contribution in [3.8, 4) is 0 Å². The molecule has 0 saturated carbocycles. The Morgan fingerprint density at radius 2 is 1.87 bits per heavy atom. The van der Waals surface area contributed by atoms with Gasteiger partial charge in [-0.2, -0.15) is 0 Å². The molecule has 4 heteroatoms. The van der Waals surface area contributed by atoms with Crippen molar-refractivity contribution in [2.45, 2.75) is 27.2 Å². The molecule has 0 aromatic heterocycles. The molecule has 0 unspecified atom stereocenters. The van der Waals surface area contributed by atoms with E-state index in [4.69, 9.17) is 0 Å². The van der Waals surface area contributed by atoms with Gasteiger partial charge in [0.2, 0.25) is 0 Å². The van der Waals surface area contributed by atoms with Gasteiger partial charge < -0.3 is 10.6 Å². The number of hydrogen-bond acceptors (Lipinski definition) is 3. The maximum absolute atomic E-state index is 12.3. The van der Waals surface area contributed by atoms with Crippen LogP contribution >= 0.6 is 0 Å². The van der Waals surface area contributed by atoms with Crippen LogP contribution in [0.3, 0.4) is 0 Å². The molecular weight excluding hydrogens is 370 g/mol. The highest BCUT2D eigenvalue weighted by molar-refractivity contribution is 5.95. The molecule has 30 heavy (non-hydrogen) atoms. The molecule has 0 radical (unpaired) electrons. The molecule has 2 rings (SSSR count). The highest BCUT2D eigenvalue weighted by Gasteiger charge is 2.06. The third kappa shape index (κ3) is 7.92. The summed E-state index contributed by atoms with van der Waals surface area (Å²) in [5.41, 5.74) is 4.66. The van der Waals surface area contributed by atoms with Gasteiger partial charge in [-0.25, -0.2) is 0 Å². The molecule has 2 aromatic carbocycles. The molecule has 0 saturated heterocycles. The SMILES string of the molecule is C=N\C=C/C(=C\C)/C=C/c1ccc(Nc2cccc(C(=O)NCCC(C)C)c2)cc1. The third-order valence-electron chi connectivity index (χ3n) is 4.51. The summed E-state index contributed by atoms with van der Waals surface area (Å²) < 4.78 is 0. The predicted molar refractivity (Wildman–Crippen MR) is 129 cm³/mol. The Labute approximate surface area is 180 Å². The highest BCUT2D eigenvalue weighted by atomic mass is 16.1. The Bertz CT molecular complexity index is 922. The lowest BCUT2D eigenvalue weighted by molar-refractivity contribution is 0.0952. The van der Waals surface area contributed by atoms with Gasteiger partial charge in [0.25, 0.3) is 5.91 Å². The molecule has 0 aliphatic heterocycles. The van der Waals surface area contributed by atoms with Crippen LogP contribution in [0.1, 0.15) is 43.1 Å². The Morgan fingerprint density at radius 3 is 2.53 bits per heavy atom. The summed E-state index contributed by atoms with van der Waals surface area (Å²) >= 11 is 0. The minimum atomic E-state index is -0.0414. The molecule has 0 aliphatic rings. The zero-order valence-corrected chi connectivity index (χ0v) is 18.1. The number of anilines is 2. The van der Waals surface area contributed by atoms with Crippen molar-refractivity contribution in [3.05, 3.63) is 89.7 Å². The van der Waals surface area contributed by atoms with Gasteiger partial charge in [0.05, 0.1) is 0 Å². The molecular formula is C26H31N3O. The van der Waals surface area contributed by atoms with Crippen molar-refractivity contribution in [3.63, 3.8) is 0 Å². The van der Waals surface area contributed by atoms with E-state index in [0.29, 0.717) is 18.0 Å². The molecule has 2 N–H and O–H groups in total. The first-order chi connectivity index (χ1) is 14.5. The quantitative estimate of drug-likeness (QED) is 0.358. The Balaban J connectivity index is 1.99. The number of hydrogen-bond donors (Lipinski definition) is 2. The van der Waals surface area contributed by atoms with Crippen LogP contribution in [0.5, 0.6) is 0 Å². The van der Waals surface area contributed by atoms with Crippen LogP contribution in [0.2, 0.25) is 0 Å². The lowest BCUT2D eigenvalue weighted by Crippen LogP contribution is -2.25. The predicted octanol–water partition coefficient (Wildman–Crippen LogP) is 6.38. The third-order valence-corrected chi connectivity index (χ3v) is 4.51. The van der Waals surface area contributed by atoms with E-state index < -0.39 is 0 Å². The van der Waals surface area contributed by atoms with E-state index in [1.54, 1.807) is 6.20 Å². The lowest BCUT2D eigenvalue weighted by Gasteiger charge is -2.10. The Kier molecular flexibility index (Phi) is 9.32. The van der Waals surface area contributed by atoms with Crippen molar-refractivity contribution in [2.75, 3.05) is 11.9 Å². The summed E-state index contributed by atoms with van der Waals surface area (Å²) in [4.78, 5) is 16.1. The smallest absolute Gasteiger partial charge is 0.251 e. The first-order valence-electron chi connectivity index (χ1n) is 10.2.